The van der Waals surface area contributed by atoms with Crippen molar-refractivity contribution in [3.8, 4) is 0 Å². The molecule has 0 aliphatic carbocycles. The Morgan fingerprint density at radius 3 is 2.32 bits per heavy atom. The summed E-state index contributed by atoms with van der Waals surface area (Å²) in [5, 5.41) is 0.864. The smallest absolute Gasteiger partial charge is 0.242 e. The molecule has 134 valence electrons. The molecule has 2 aromatic rings. The first-order valence-corrected chi connectivity index (χ1v) is 9.29. The number of carbonyl (C=O) groups excluding carboxylic acids is 2. The molecule has 0 N–H and O–H groups in total. The third-order valence-corrected chi connectivity index (χ3v) is 6.01. The van der Waals surface area contributed by atoms with Crippen molar-refractivity contribution in [3.05, 3.63) is 23.3 Å². The number of thiazole rings is 1. The number of carbonyl (C=O) groups is 2. The number of benzene rings is 1. The predicted octanol–water partition coefficient (Wildman–Crippen LogP) is 2.04. The molecule has 1 aromatic carbocycles. The summed E-state index contributed by atoms with van der Waals surface area (Å²) in [6, 6.07) is 4.19. The van der Waals surface area contributed by atoms with E-state index in [1.807, 2.05) is 16.8 Å². The normalized spacial score (nSPS) is 14.9. The zero-order valence-corrected chi connectivity index (χ0v) is 16.0. The van der Waals surface area contributed by atoms with Crippen LogP contribution in [-0.4, -0.2) is 66.4 Å². The predicted molar refractivity (Wildman–Crippen MR) is 101 cm³/mol. The Morgan fingerprint density at radius 1 is 1.12 bits per heavy atom. The first kappa shape index (κ1) is 17.7. The Labute approximate surface area is 152 Å². The fraction of sp³-hybridized carbons (Fsp3) is 0.500. The molecule has 0 bridgehead atoms. The second-order valence-electron chi connectivity index (χ2n) is 6.62. The van der Waals surface area contributed by atoms with Crippen LogP contribution in [0.2, 0.25) is 0 Å². The van der Waals surface area contributed by atoms with Crippen LogP contribution in [0.1, 0.15) is 18.1 Å². The summed E-state index contributed by atoms with van der Waals surface area (Å²) in [5.74, 6) is 0.155. The molecule has 7 heteroatoms. The highest BCUT2D eigenvalue weighted by Crippen LogP contribution is 2.32. The molecule has 1 aliphatic heterocycles. The lowest BCUT2D eigenvalue weighted by molar-refractivity contribution is -0.137. The topological polar surface area (TPSA) is 56.8 Å². The fourth-order valence-electron chi connectivity index (χ4n) is 3.05. The molecule has 3 rings (SSSR count). The highest BCUT2D eigenvalue weighted by atomic mass is 32.1. The van der Waals surface area contributed by atoms with Crippen LogP contribution >= 0.6 is 11.3 Å². The van der Waals surface area contributed by atoms with E-state index in [1.54, 1.807) is 23.2 Å². The molecule has 0 unspecified atom stereocenters. The van der Waals surface area contributed by atoms with Gasteiger partial charge in [0.05, 0.1) is 16.8 Å². The molecule has 0 saturated carbocycles. The lowest BCUT2D eigenvalue weighted by Crippen LogP contribution is -2.52. The molecule has 25 heavy (non-hydrogen) atoms. The number of rotatable bonds is 3. The monoisotopic (exact) mass is 360 g/mol. The average molecular weight is 360 g/mol. The minimum absolute atomic E-state index is 0.0735. The molecule has 2 heterocycles. The summed E-state index contributed by atoms with van der Waals surface area (Å²) >= 11 is 1.63. The van der Waals surface area contributed by atoms with Crippen LogP contribution in [0.3, 0.4) is 0 Å². The SMILES string of the molecule is CC(=O)N1CCN(C(=O)CN(C)c2nc3c(C)ccc(C)c3s2)CC1. The van der Waals surface area contributed by atoms with Crippen LogP contribution in [0.25, 0.3) is 10.2 Å². The van der Waals surface area contributed by atoms with Gasteiger partial charge in [-0.1, -0.05) is 23.5 Å². The lowest BCUT2D eigenvalue weighted by Gasteiger charge is -2.35. The number of likely N-dealkylation sites (N-methyl/N-ethyl adjacent to an activating group) is 1. The van der Waals surface area contributed by atoms with Gasteiger partial charge in [0.1, 0.15) is 0 Å². The van der Waals surface area contributed by atoms with Gasteiger partial charge >= 0.3 is 0 Å². The molecule has 2 amide bonds. The van der Waals surface area contributed by atoms with Gasteiger partial charge in [0.2, 0.25) is 11.8 Å². The summed E-state index contributed by atoms with van der Waals surface area (Å²) in [7, 11) is 1.91. The Hall–Kier alpha value is -2.15. The zero-order chi connectivity index (χ0) is 18.1. The van der Waals surface area contributed by atoms with Gasteiger partial charge in [-0.05, 0) is 25.0 Å². The van der Waals surface area contributed by atoms with Crippen molar-refractivity contribution >= 4 is 38.5 Å². The van der Waals surface area contributed by atoms with Crippen LogP contribution in [0, 0.1) is 13.8 Å². The first-order valence-electron chi connectivity index (χ1n) is 8.48. The van der Waals surface area contributed by atoms with Gasteiger partial charge in [0, 0.05) is 40.2 Å². The average Bonchev–Trinajstić information content (AvgIpc) is 3.05. The van der Waals surface area contributed by atoms with E-state index in [0.29, 0.717) is 32.7 Å². The van der Waals surface area contributed by atoms with E-state index in [2.05, 4.69) is 26.0 Å². The van der Waals surface area contributed by atoms with Crippen molar-refractivity contribution in [1.82, 2.24) is 14.8 Å². The number of aromatic nitrogens is 1. The Kier molecular flexibility index (Phi) is 4.94. The van der Waals surface area contributed by atoms with Gasteiger partial charge in [0.15, 0.2) is 5.13 Å². The molecule has 0 spiro atoms. The summed E-state index contributed by atoms with van der Waals surface area (Å²) in [6.07, 6.45) is 0. The Balaban J connectivity index is 1.67. The molecule has 1 fully saturated rings. The number of hydrogen-bond acceptors (Lipinski definition) is 5. The van der Waals surface area contributed by atoms with Gasteiger partial charge in [-0.25, -0.2) is 4.98 Å². The molecule has 1 aromatic heterocycles. The minimum Gasteiger partial charge on any atom is -0.342 e. The van der Waals surface area contributed by atoms with Gasteiger partial charge in [-0.2, -0.15) is 0 Å². The number of fused-ring (bicyclic) bond motifs is 1. The van der Waals surface area contributed by atoms with Crippen molar-refractivity contribution in [1.29, 1.82) is 0 Å². The van der Waals surface area contributed by atoms with E-state index in [0.717, 1.165) is 16.2 Å². The van der Waals surface area contributed by atoms with Crippen molar-refractivity contribution in [2.24, 2.45) is 0 Å². The van der Waals surface area contributed by atoms with E-state index in [-0.39, 0.29) is 11.8 Å². The summed E-state index contributed by atoms with van der Waals surface area (Å²) in [4.78, 5) is 34.2. The van der Waals surface area contributed by atoms with Crippen molar-refractivity contribution in [2.45, 2.75) is 20.8 Å². The quantitative estimate of drug-likeness (QED) is 0.841. The molecule has 6 nitrogen and oxygen atoms in total. The van der Waals surface area contributed by atoms with Crippen LogP contribution in [0.5, 0.6) is 0 Å². The minimum atomic E-state index is 0.0735. The Bertz CT molecular complexity index is 770. The lowest BCUT2D eigenvalue weighted by atomic mass is 10.1. The molecule has 0 radical (unpaired) electrons. The second kappa shape index (κ2) is 7.00. The number of aryl methyl sites for hydroxylation is 2. The van der Waals surface area contributed by atoms with Gasteiger partial charge in [-0.3, -0.25) is 9.59 Å². The van der Waals surface area contributed by atoms with Crippen LogP contribution in [-0.2, 0) is 9.59 Å². The number of amides is 2. The van der Waals surface area contributed by atoms with E-state index in [1.165, 1.54) is 10.3 Å². The zero-order valence-electron chi connectivity index (χ0n) is 15.2. The highest BCUT2D eigenvalue weighted by Gasteiger charge is 2.23. The van der Waals surface area contributed by atoms with Crippen molar-refractivity contribution < 1.29 is 9.59 Å². The molecule has 1 saturated heterocycles. The molecule has 1 aliphatic rings. The van der Waals surface area contributed by atoms with E-state index in [9.17, 15) is 9.59 Å². The molecule has 0 atom stereocenters. The van der Waals surface area contributed by atoms with Gasteiger partial charge in [0.25, 0.3) is 0 Å². The largest absolute Gasteiger partial charge is 0.342 e. The maximum absolute atomic E-state index is 12.6. The second-order valence-corrected chi connectivity index (χ2v) is 7.59. The number of nitrogens with zero attached hydrogens (tertiary/aromatic N) is 4. The van der Waals surface area contributed by atoms with E-state index in [4.69, 9.17) is 4.98 Å². The summed E-state index contributed by atoms with van der Waals surface area (Å²) in [5.41, 5.74) is 3.39. The number of anilines is 1. The third-order valence-electron chi connectivity index (χ3n) is 4.71. The first-order chi connectivity index (χ1) is 11.9. The van der Waals surface area contributed by atoms with Gasteiger partial charge in [-0.15, -0.1) is 0 Å². The maximum atomic E-state index is 12.6. The van der Waals surface area contributed by atoms with Crippen LogP contribution < -0.4 is 4.90 Å². The number of hydrogen-bond donors (Lipinski definition) is 0. The van der Waals surface area contributed by atoms with Crippen LogP contribution in [0.4, 0.5) is 5.13 Å². The Morgan fingerprint density at radius 2 is 1.72 bits per heavy atom. The number of piperazine rings is 1. The van der Waals surface area contributed by atoms with E-state index >= 15 is 0 Å². The molecular weight excluding hydrogens is 336 g/mol. The highest BCUT2D eigenvalue weighted by molar-refractivity contribution is 7.22. The van der Waals surface area contributed by atoms with Crippen LogP contribution in [0.15, 0.2) is 12.1 Å². The fourth-order valence-corrected chi connectivity index (χ4v) is 4.12. The standard InChI is InChI=1S/C18H24N4O2S/c1-12-5-6-13(2)17-16(12)19-18(25-17)20(4)11-15(24)22-9-7-21(8-10-22)14(3)23/h5-6H,7-11H2,1-4H3. The van der Waals surface area contributed by atoms with Crippen molar-refractivity contribution in [2.75, 3.05) is 44.7 Å². The van der Waals surface area contributed by atoms with E-state index < -0.39 is 0 Å². The van der Waals surface area contributed by atoms with Gasteiger partial charge < -0.3 is 14.7 Å². The molecular formula is C18H24N4O2S. The maximum Gasteiger partial charge on any atom is 0.242 e. The third kappa shape index (κ3) is 3.61. The van der Waals surface area contributed by atoms with Crippen molar-refractivity contribution in [3.63, 3.8) is 0 Å². The summed E-state index contributed by atoms with van der Waals surface area (Å²) in [6.45, 7) is 8.46. The summed E-state index contributed by atoms with van der Waals surface area (Å²) < 4.78 is 1.18.